The number of aromatic nitrogens is 1. The minimum atomic E-state index is -1.67. The molecule has 0 fully saturated rings. The number of hydrogen-bond acceptors (Lipinski definition) is 7. The molecule has 29 heavy (non-hydrogen) atoms. The fourth-order valence-corrected chi connectivity index (χ4v) is 2.86. The second-order valence-corrected chi connectivity index (χ2v) is 5.98. The van der Waals surface area contributed by atoms with Crippen LogP contribution in [0.5, 0.6) is 11.5 Å². The summed E-state index contributed by atoms with van der Waals surface area (Å²) in [4.78, 5) is 48.5. The molecule has 2 aromatic rings. The minimum Gasteiger partial charge on any atom is -0.490 e. The fourth-order valence-electron chi connectivity index (χ4n) is 2.59. The maximum atomic E-state index is 12.1. The molecule has 0 aliphatic heterocycles. The predicted octanol–water partition coefficient (Wildman–Crippen LogP) is 0.937. The van der Waals surface area contributed by atoms with Gasteiger partial charge in [0, 0.05) is 5.56 Å². The highest BCUT2D eigenvalue weighted by atomic mass is 35.5. The lowest BCUT2D eigenvalue weighted by molar-refractivity contribution is -0.119. The summed E-state index contributed by atoms with van der Waals surface area (Å²) in [5.74, 6) is -4.65. The van der Waals surface area contributed by atoms with Gasteiger partial charge >= 0.3 is 11.9 Å². The zero-order valence-corrected chi connectivity index (χ0v) is 15.7. The molecule has 11 nitrogen and oxygen atoms in total. The van der Waals surface area contributed by atoms with Gasteiger partial charge in [-0.05, 0) is 24.6 Å². The van der Waals surface area contributed by atoms with Crippen LogP contribution < -0.4 is 26.5 Å². The van der Waals surface area contributed by atoms with E-state index in [1.165, 1.54) is 6.07 Å². The molecule has 0 aliphatic rings. The summed E-state index contributed by atoms with van der Waals surface area (Å²) in [6.45, 7) is 1.24. The molecule has 0 saturated carbocycles. The van der Waals surface area contributed by atoms with Gasteiger partial charge in [-0.15, -0.1) is 0 Å². The second-order valence-electron chi connectivity index (χ2n) is 5.58. The third-order valence-corrected chi connectivity index (χ3v) is 3.91. The number of rotatable bonds is 8. The van der Waals surface area contributed by atoms with E-state index in [0.717, 1.165) is 6.07 Å². The number of aromatic amines is 1. The molecule has 0 unspecified atom stereocenters. The number of ether oxygens (including phenoxy) is 2. The van der Waals surface area contributed by atoms with Gasteiger partial charge in [0.25, 0.3) is 11.5 Å². The molecule has 0 bridgehead atoms. The Labute approximate surface area is 167 Å². The van der Waals surface area contributed by atoms with Gasteiger partial charge in [0.2, 0.25) is 0 Å². The zero-order chi connectivity index (χ0) is 21.9. The summed E-state index contributed by atoms with van der Waals surface area (Å²) in [6, 6.07) is 2.38. The summed E-state index contributed by atoms with van der Waals surface area (Å²) >= 11 is 6.18. The predicted molar refractivity (Wildman–Crippen MR) is 102 cm³/mol. The number of hydrogen-bond donors (Lipinski definition) is 5. The van der Waals surface area contributed by atoms with Crippen LogP contribution in [0.4, 0.5) is 5.82 Å². The van der Waals surface area contributed by atoms with Crippen molar-refractivity contribution in [1.82, 2.24) is 4.98 Å². The van der Waals surface area contributed by atoms with Crippen LogP contribution >= 0.6 is 11.6 Å². The van der Waals surface area contributed by atoms with E-state index >= 15 is 0 Å². The second kappa shape index (κ2) is 8.52. The summed E-state index contributed by atoms with van der Waals surface area (Å²) < 4.78 is 10.6. The van der Waals surface area contributed by atoms with Gasteiger partial charge in [0.05, 0.1) is 11.6 Å². The summed E-state index contributed by atoms with van der Waals surface area (Å²) in [6.07, 6.45) is 0. The van der Waals surface area contributed by atoms with Crippen molar-refractivity contribution >= 4 is 35.3 Å². The van der Waals surface area contributed by atoms with Gasteiger partial charge in [-0.25, -0.2) is 9.59 Å². The highest BCUT2D eigenvalue weighted by Crippen LogP contribution is 2.41. The number of aromatic carboxylic acids is 2. The molecule has 1 aromatic carbocycles. The summed E-state index contributed by atoms with van der Waals surface area (Å²) in [5.41, 5.74) is 7.54. The van der Waals surface area contributed by atoms with Crippen molar-refractivity contribution in [3.8, 4) is 22.6 Å². The Balaban J connectivity index is 2.87. The van der Waals surface area contributed by atoms with Crippen LogP contribution in [0, 0.1) is 0 Å². The molecule has 0 spiro atoms. The molecule has 7 N–H and O–H groups in total. The number of nitrogen functional groups attached to an aromatic ring is 1. The number of pyridine rings is 1. The van der Waals surface area contributed by atoms with Crippen molar-refractivity contribution in [2.24, 2.45) is 5.73 Å². The van der Waals surface area contributed by atoms with Gasteiger partial charge in [0.15, 0.2) is 18.1 Å². The molecule has 1 aromatic heterocycles. The molecule has 154 valence electrons. The van der Waals surface area contributed by atoms with Gasteiger partial charge in [-0.3, -0.25) is 9.59 Å². The number of amides is 1. The largest absolute Gasteiger partial charge is 0.490 e. The van der Waals surface area contributed by atoms with Crippen molar-refractivity contribution in [2.75, 3.05) is 18.9 Å². The first-order valence-corrected chi connectivity index (χ1v) is 8.36. The van der Waals surface area contributed by atoms with Crippen molar-refractivity contribution in [2.45, 2.75) is 6.92 Å². The highest BCUT2D eigenvalue weighted by Gasteiger charge is 2.28. The molecule has 2 rings (SSSR count). The Kier molecular flexibility index (Phi) is 6.34. The number of anilines is 1. The number of primary amides is 1. The van der Waals surface area contributed by atoms with Crippen LogP contribution in [0.1, 0.15) is 27.6 Å². The first-order chi connectivity index (χ1) is 13.6. The van der Waals surface area contributed by atoms with Crippen molar-refractivity contribution in [1.29, 1.82) is 0 Å². The van der Waals surface area contributed by atoms with E-state index in [0.29, 0.717) is 0 Å². The van der Waals surface area contributed by atoms with Gasteiger partial charge in [-0.1, -0.05) is 11.6 Å². The smallest absolute Gasteiger partial charge is 0.342 e. The summed E-state index contributed by atoms with van der Waals surface area (Å²) in [7, 11) is 0. The summed E-state index contributed by atoms with van der Waals surface area (Å²) in [5, 5.41) is 18.8. The third-order valence-electron chi connectivity index (χ3n) is 3.63. The monoisotopic (exact) mass is 425 g/mol. The maximum Gasteiger partial charge on any atom is 0.342 e. The Morgan fingerprint density at radius 3 is 2.28 bits per heavy atom. The number of carboxylic acid groups (broad SMARTS) is 2. The average molecular weight is 426 g/mol. The number of nitrogens with two attached hydrogens (primary N) is 2. The topological polar surface area (TPSA) is 195 Å². The Morgan fingerprint density at radius 2 is 1.76 bits per heavy atom. The standard InChI is InChI=1S/C17H16ClN3O8/c1-2-28-8-4-6(3-7(18)13(8)29-5-9(19)22)10-11(16(24)25)14(20)21-15(23)12(10)17(26)27/h3-4H,2,5H2,1H3,(H2,19,22)(H,24,25)(H,26,27)(H3,20,21,23). The molecule has 0 aliphatic carbocycles. The number of benzene rings is 1. The number of nitrogens with one attached hydrogen (secondary N) is 1. The van der Waals surface area contributed by atoms with Gasteiger partial charge in [0.1, 0.15) is 16.9 Å². The van der Waals surface area contributed by atoms with E-state index < -0.39 is 52.5 Å². The van der Waals surface area contributed by atoms with Crippen LogP contribution in [0.25, 0.3) is 11.1 Å². The van der Waals surface area contributed by atoms with Crippen LogP contribution in [-0.4, -0.2) is 46.3 Å². The van der Waals surface area contributed by atoms with Crippen molar-refractivity contribution in [3.63, 3.8) is 0 Å². The van der Waals surface area contributed by atoms with E-state index in [2.05, 4.69) is 0 Å². The number of carboxylic acids is 2. The lowest BCUT2D eigenvalue weighted by Gasteiger charge is -2.17. The molecule has 1 heterocycles. The van der Waals surface area contributed by atoms with E-state index in [4.69, 9.17) is 32.5 Å². The molecular weight excluding hydrogens is 410 g/mol. The lowest BCUT2D eigenvalue weighted by Crippen LogP contribution is -2.24. The zero-order valence-electron chi connectivity index (χ0n) is 14.9. The van der Waals surface area contributed by atoms with Crippen LogP contribution in [-0.2, 0) is 4.79 Å². The maximum absolute atomic E-state index is 12.1. The Morgan fingerprint density at radius 1 is 1.14 bits per heavy atom. The molecule has 1 amide bonds. The molecule has 12 heteroatoms. The van der Waals surface area contributed by atoms with Crippen molar-refractivity contribution in [3.05, 3.63) is 38.6 Å². The molecule has 0 atom stereocenters. The molecule has 0 radical (unpaired) electrons. The number of carbonyl (C=O) groups is 3. The quantitative estimate of drug-likeness (QED) is 0.408. The van der Waals surface area contributed by atoms with E-state index in [-0.39, 0.29) is 28.7 Å². The van der Waals surface area contributed by atoms with E-state index in [1.807, 2.05) is 4.98 Å². The number of H-pyrrole nitrogens is 1. The van der Waals surface area contributed by atoms with Crippen LogP contribution in [0.2, 0.25) is 5.02 Å². The number of halogens is 1. The average Bonchev–Trinajstić information content (AvgIpc) is 2.59. The Hall–Kier alpha value is -3.73. The Bertz CT molecular complexity index is 1060. The first kappa shape index (κ1) is 21.6. The third kappa shape index (κ3) is 4.41. The molecule has 0 saturated heterocycles. The van der Waals surface area contributed by atoms with E-state index in [9.17, 15) is 29.4 Å². The fraction of sp³-hybridized carbons (Fsp3) is 0.176. The first-order valence-electron chi connectivity index (χ1n) is 7.98. The highest BCUT2D eigenvalue weighted by molar-refractivity contribution is 6.32. The van der Waals surface area contributed by atoms with E-state index in [1.54, 1.807) is 6.92 Å². The van der Waals surface area contributed by atoms with Gasteiger partial charge < -0.3 is 36.1 Å². The van der Waals surface area contributed by atoms with Gasteiger partial charge in [-0.2, -0.15) is 0 Å². The SMILES string of the molecule is CCOc1cc(-c2c(C(=O)O)c(N)[nH]c(=O)c2C(=O)O)cc(Cl)c1OCC(N)=O. The number of carbonyl (C=O) groups excluding carboxylic acids is 1. The molecular formula is C17H16ClN3O8. The lowest BCUT2D eigenvalue weighted by atomic mass is 9.95. The minimum absolute atomic E-state index is 0.0252. The normalized spacial score (nSPS) is 10.4. The van der Waals surface area contributed by atoms with Crippen LogP contribution in [0.3, 0.4) is 0 Å². The van der Waals surface area contributed by atoms with Crippen LogP contribution in [0.15, 0.2) is 16.9 Å². The van der Waals surface area contributed by atoms with Crippen molar-refractivity contribution < 1.29 is 34.1 Å².